The first-order valence-corrected chi connectivity index (χ1v) is 9.41. The molecule has 24 heavy (non-hydrogen) atoms. The van der Waals surface area contributed by atoms with Crippen molar-refractivity contribution in [3.05, 3.63) is 23.8 Å². The Hall–Kier alpha value is -1.69. The van der Waals surface area contributed by atoms with Gasteiger partial charge in [0, 0.05) is 34.8 Å². The number of nitrogens with one attached hydrogen (secondary N) is 1. The summed E-state index contributed by atoms with van der Waals surface area (Å²) >= 11 is 1.85. The predicted octanol–water partition coefficient (Wildman–Crippen LogP) is 3.61. The summed E-state index contributed by atoms with van der Waals surface area (Å²) in [4.78, 5) is 26.4. The number of urea groups is 1. The minimum atomic E-state index is -0.404. The zero-order valence-corrected chi connectivity index (χ0v) is 15.5. The van der Waals surface area contributed by atoms with Gasteiger partial charge in [0.1, 0.15) is 0 Å². The number of carbonyl (C=O) groups is 2. The van der Waals surface area contributed by atoms with Crippen molar-refractivity contribution in [1.82, 2.24) is 4.90 Å². The van der Waals surface area contributed by atoms with E-state index in [0.29, 0.717) is 31.2 Å². The Morgan fingerprint density at radius 2 is 2.04 bits per heavy atom. The molecule has 1 atom stereocenters. The van der Waals surface area contributed by atoms with E-state index in [4.69, 9.17) is 5.73 Å². The highest BCUT2D eigenvalue weighted by Gasteiger charge is 2.26. The number of anilines is 1. The molecule has 1 aliphatic rings. The molecule has 0 radical (unpaired) electrons. The number of nitrogens with zero attached hydrogens (tertiary/aromatic N) is 1. The number of hydrogen-bond donors (Lipinski definition) is 2. The quantitative estimate of drug-likeness (QED) is 0.797. The first-order chi connectivity index (χ1) is 11.4. The van der Waals surface area contributed by atoms with E-state index in [0.717, 1.165) is 17.7 Å². The van der Waals surface area contributed by atoms with Gasteiger partial charge in [-0.1, -0.05) is 13.8 Å². The molecule has 3 N–H and O–H groups in total. The molecule has 0 saturated carbocycles. The summed E-state index contributed by atoms with van der Waals surface area (Å²) in [7, 11) is 0. The lowest BCUT2D eigenvalue weighted by Gasteiger charge is -2.30. The van der Waals surface area contributed by atoms with Crippen molar-refractivity contribution in [3.63, 3.8) is 0 Å². The van der Waals surface area contributed by atoms with Gasteiger partial charge in [0.25, 0.3) is 0 Å². The van der Waals surface area contributed by atoms with Gasteiger partial charge in [-0.3, -0.25) is 4.79 Å². The lowest BCUT2D eigenvalue weighted by Crippen LogP contribution is -2.43. The number of benzene rings is 1. The fourth-order valence-corrected chi connectivity index (χ4v) is 3.78. The fraction of sp³-hybridized carbons (Fsp3) is 0.556. The van der Waals surface area contributed by atoms with E-state index in [1.807, 2.05) is 24.8 Å². The van der Waals surface area contributed by atoms with Crippen LogP contribution in [0.3, 0.4) is 0 Å². The molecule has 132 valence electrons. The largest absolute Gasteiger partial charge is 0.351 e. The van der Waals surface area contributed by atoms with Gasteiger partial charge in [0.05, 0.1) is 0 Å². The number of likely N-dealkylation sites (tertiary alicyclic amines) is 1. The van der Waals surface area contributed by atoms with Crippen molar-refractivity contribution in [2.24, 2.45) is 11.7 Å². The lowest BCUT2D eigenvalue weighted by atomic mass is 9.96. The van der Waals surface area contributed by atoms with Crippen molar-refractivity contribution >= 4 is 29.4 Å². The molecule has 5 nitrogen and oxygen atoms in total. The van der Waals surface area contributed by atoms with E-state index >= 15 is 0 Å². The lowest BCUT2D eigenvalue weighted by molar-refractivity contribution is -0.121. The minimum Gasteiger partial charge on any atom is -0.351 e. The zero-order valence-electron chi connectivity index (χ0n) is 14.7. The van der Waals surface area contributed by atoms with Crippen LogP contribution in [-0.2, 0) is 4.79 Å². The molecule has 0 unspecified atom stereocenters. The van der Waals surface area contributed by atoms with E-state index in [2.05, 4.69) is 31.3 Å². The summed E-state index contributed by atoms with van der Waals surface area (Å²) in [6.45, 7) is 7.52. The summed E-state index contributed by atoms with van der Waals surface area (Å²) in [5.74, 6) is -0.0290. The van der Waals surface area contributed by atoms with Gasteiger partial charge in [0.15, 0.2) is 0 Å². The Labute approximate surface area is 148 Å². The van der Waals surface area contributed by atoms with Crippen LogP contribution in [0, 0.1) is 12.8 Å². The number of amides is 3. The molecule has 2 rings (SSSR count). The van der Waals surface area contributed by atoms with Crippen LogP contribution >= 0.6 is 11.8 Å². The maximum absolute atomic E-state index is 12.5. The highest BCUT2D eigenvalue weighted by molar-refractivity contribution is 7.99. The van der Waals surface area contributed by atoms with E-state index in [1.54, 1.807) is 4.90 Å². The smallest absolute Gasteiger partial charge is 0.314 e. The number of hydrogen-bond acceptors (Lipinski definition) is 3. The van der Waals surface area contributed by atoms with Crippen molar-refractivity contribution in [3.8, 4) is 0 Å². The number of aryl methyl sites for hydroxylation is 1. The topological polar surface area (TPSA) is 75.4 Å². The standard InChI is InChI=1S/C18H27N3O2S/c1-4-13(3)24-15-5-6-16(12(2)11-15)20-17(22)14-7-9-21(10-8-14)18(19)23/h5-6,11,13-14H,4,7-10H2,1-3H3,(H2,19,23)(H,20,22)/t13-/m0/s1. The molecule has 6 heteroatoms. The Bertz CT molecular complexity index is 598. The second kappa shape index (κ2) is 8.42. The second-order valence-corrected chi connectivity index (χ2v) is 7.91. The number of carbonyl (C=O) groups excluding carboxylic acids is 2. The monoisotopic (exact) mass is 349 g/mol. The van der Waals surface area contributed by atoms with Crippen LogP contribution in [0.25, 0.3) is 0 Å². The van der Waals surface area contributed by atoms with Gasteiger partial charge in [-0.15, -0.1) is 11.8 Å². The summed E-state index contributed by atoms with van der Waals surface area (Å²) < 4.78 is 0. The molecule has 0 aliphatic carbocycles. The van der Waals surface area contributed by atoms with Gasteiger partial charge in [0.2, 0.25) is 5.91 Å². The maximum Gasteiger partial charge on any atom is 0.314 e. The van der Waals surface area contributed by atoms with Crippen LogP contribution in [0.2, 0.25) is 0 Å². The third-order valence-electron chi connectivity index (χ3n) is 4.55. The Morgan fingerprint density at radius 1 is 1.38 bits per heavy atom. The Morgan fingerprint density at radius 3 is 2.58 bits per heavy atom. The normalized spacial score (nSPS) is 16.7. The van der Waals surface area contributed by atoms with E-state index < -0.39 is 6.03 Å². The summed E-state index contributed by atoms with van der Waals surface area (Å²) in [5.41, 5.74) is 7.22. The molecule has 1 aromatic rings. The summed E-state index contributed by atoms with van der Waals surface area (Å²) in [6, 6.07) is 5.77. The molecule has 1 aliphatic heterocycles. The average molecular weight is 350 g/mol. The molecule has 1 fully saturated rings. The summed E-state index contributed by atoms with van der Waals surface area (Å²) in [6.07, 6.45) is 2.46. The molecule has 3 amide bonds. The first-order valence-electron chi connectivity index (χ1n) is 8.53. The molecule has 1 saturated heterocycles. The zero-order chi connectivity index (χ0) is 17.7. The number of rotatable bonds is 5. The number of piperidine rings is 1. The highest BCUT2D eigenvalue weighted by atomic mass is 32.2. The van der Waals surface area contributed by atoms with Crippen LogP contribution in [-0.4, -0.2) is 35.2 Å². The molecule has 1 heterocycles. The maximum atomic E-state index is 12.5. The Kier molecular flexibility index (Phi) is 6.54. The van der Waals surface area contributed by atoms with Crippen LogP contribution in [0.15, 0.2) is 23.1 Å². The van der Waals surface area contributed by atoms with Crippen LogP contribution in [0.4, 0.5) is 10.5 Å². The molecule has 1 aromatic carbocycles. The number of primary amides is 1. The van der Waals surface area contributed by atoms with E-state index in [9.17, 15) is 9.59 Å². The number of nitrogens with two attached hydrogens (primary N) is 1. The first kappa shape index (κ1) is 18.6. The number of thioether (sulfide) groups is 1. The minimum absolute atomic E-state index is 0.0320. The fourth-order valence-electron chi connectivity index (χ4n) is 2.76. The van der Waals surface area contributed by atoms with Gasteiger partial charge < -0.3 is 16.0 Å². The van der Waals surface area contributed by atoms with Crippen molar-refractivity contribution in [2.75, 3.05) is 18.4 Å². The van der Waals surface area contributed by atoms with Gasteiger partial charge in [-0.05, 0) is 49.9 Å². The third-order valence-corrected chi connectivity index (χ3v) is 5.81. The van der Waals surface area contributed by atoms with E-state index in [1.165, 1.54) is 4.90 Å². The Balaban J connectivity index is 1.93. The molecular weight excluding hydrogens is 322 g/mol. The SMILES string of the molecule is CC[C@H](C)Sc1ccc(NC(=O)C2CCN(C(N)=O)CC2)c(C)c1. The van der Waals surface area contributed by atoms with Gasteiger partial charge in [-0.25, -0.2) is 4.79 Å². The molecule has 0 bridgehead atoms. The highest BCUT2D eigenvalue weighted by Crippen LogP contribution is 2.29. The van der Waals surface area contributed by atoms with Gasteiger partial charge in [-0.2, -0.15) is 0 Å². The third kappa shape index (κ3) is 4.90. The van der Waals surface area contributed by atoms with E-state index in [-0.39, 0.29) is 11.8 Å². The summed E-state index contributed by atoms with van der Waals surface area (Å²) in [5, 5.41) is 3.62. The van der Waals surface area contributed by atoms with Crippen LogP contribution in [0.1, 0.15) is 38.7 Å². The van der Waals surface area contributed by atoms with Crippen LogP contribution in [0.5, 0.6) is 0 Å². The van der Waals surface area contributed by atoms with Crippen molar-refractivity contribution in [2.45, 2.75) is 50.2 Å². The molecular formula is C18H27N3O2S. The van der Waals surface area contributed by atoms with Gasteiger partial charge >= 0.3 is 6.03 Å². The van der Waals surface area contributed by atoms with Crippen molar-refractivity contribution in [1.29, 1.82) is 0 Å². The van der Waals surface area contributed by atoms with Crippen molar-refractivity contribution < 1.29 is 9.59 Å². The second-order valence-electron chi connectivity index (χ2n) is 6.40. The predicted molar refractivity (Wildman–Crippen MR) is 99.3 cm³/mol. The van der Waals surface area contributed by atoms with Crippen LogP contribution < -0.4 is 11.1 Å². The molecule has 0 spiro atoms. The average Bonchev–Trinajstić information content (AvgIpc) is 2.57. The molecule has 0 aromatic heterocycles.